The monoisotopic (exact) mass is 615 g/mol. The van der Waals surface area contributed by atoms with Crippen molar-refractivity contribution in [3.8, 4) is 11.5 Å². The van der Waals surface area contributed by atoms with E-state index in [1.807, 2.05) is 20.8 Å². The van der Waals surface area contributed by atoms with E-state index in [2.05, 4.69) is 5.32 Å². The third-order valence-corrected chi connectivity index (χ3v) is 9.02. The predicted octanol–water partition coefficient (Wildman–Crippen LogP) is 5.27. The fourth-order valence-corrected chi connectivity index (χ4v) is 6.03. The lowest BCUT2D eigenvalue weighted by molar-refractivity contribution is -0.140. The van der Waals surface area contributed by atoms with E-state index >= 15 is 0 Å². The largest absolute Gasteiger partial charge is 0.497 e. The molecule has 3 aromatic rings. The van der Waals surface area contributed by atoms with E-state index in [4.69, 9.17) is 21.1 Å². The highest BCUT2D eigenvalue weighted by molar-refractivity contribution is 7.92. The number of anilines is 1. The first-order valence-corrected chi connectivity index (χ1v) is 15.5. The van der Waals surface area contributed by atoms with Crippen molar-refractivity contribution in [1.82, 2.24) is 10.2 Å². The van der Waals surface area contributed by atoms with Gasteiger partial charge in [0.2, 0.25) is 11.8 Å². The van der Waals surface area contributed by atoms with Crippen molar-refractivity contribution in [3.63, 3.8) is 0 Å². The highest BCUT2D eigenvalue weighted by Crippen LogP contribution is 2.32. The van der Waals surface area contributed by atoms with Gasteiger partial charge in [-0.15, -0.1) is 0 Å². The summed E-state index contributed by atoms with van der Waals surface area (Å²) in [4.78, 5) is 29.0. The summed E-state index contributed by atoms with van der Waals surface area (Å²) in [5.74, 6) is 0.148. The first-order valence-electron chi connectivity index (χ1n) is 13.7. The number of hydrogen-bond donors (Lipinski definition) is 1. The molecule has 9 nitrogen and oxygen atoms in total. The van der Waals surface area contributed by atoms with Gasteiger partial charge in [0.25, 0.3) is 10.0 Å². The number of nitrogens with zero attached hydrogens (tertiary/aromatic N) is 2. The van der Waals surface area contributed by atoms with Gasteiger partial charge >= 0.3 is 0 Å². The Bertz CT molecular complexity index is 1450. The Morgan fingerprint density at radius 3 is 2.14 bits per heavy atom. The Labute approximate surface area is 253 Å². The van der Waals surface area contributed by atoms with Crippen LogP contribution in [0, 0.1) is 0 Å². The second kappa shape index (κ2) is 14.9. The van der Waals surface area contributed by atoms with E-state index in [9.17, 15) is 18.0 Å². The third kappa shape index (κ3) is 7.95. The number of sulfonamides is 1. The van der Waals surface area contributed by atoms with Crippen molar-refractivity contribution >= 4 is 39.1 Å². The van der Waals surface area contributed by atoms with Crippen LogP contribution in [0.3, 0.4) is 0 Å². The molecule has 0 fully saturated rings. The van der Waals surface area contributed by atoms with Crippen LogP contribution in [0.5, 0.6) is 11.5 Å². The molecule has 1 N–H and O–H groups in total. The molecule has 2 atom stereocenters. The van der Waals surface area contributed by atoms with Crippen LogP contribution < -0.4 is 19.1 Å². The van der Waals surface area contributed by atoms with Crippen LogP contribution >= 0.6 is 11.6 Å². The first kappa shape index (κ1) is 32.8. The summed E-state index contributed by atoms with van der Waals surface area (Å²) in [6.45, 7) is 5.18. The second-order valence-corrected chi connectivity index (χ2v) is 12.0. The van der Waals surface area contributed by atoms with Gasteiger partial charge in [0, 0.05) is 12.6 Å². The molecular weight excluding hydrogens is 578 g/mol. The standard InChI is InChI=1S/C31H38ClN3O6S/c1-6-22(3)33-31(37)28(7-2)34(20-23-13-16-25(40-4)17-14-23)30(36)21-35(24-15-18-29(41-5)27(32)19-24)42(38,39)26-11-9-8-10-12-26/h8-19,22,28H,6-7,20-21H2,1-5H3,(H,33,37)/t22-,28-/m0/s1. The predicted molar refractivity (Wildman–Crippen MR) is 164 cm³/mol. The van der Waals surface area contributed by atoms with Crippen LogP contribution in [-0.2, 0) is 26.2 Å². The van der Waals surface area contributed by atoms with Gasteiger partial charge in [0.15, 0.2) is 0 Å². The average Bonchev–Trinajstić information content (AvgIpc) is 3.00. The lowest BCUT2D eigenvalue weighted by atomic mass is 10.1. The summed E-state index contributed by atoms with van der Waals surface area (Å²) in [5.41, 5.74) is 0.934. The van der Waals surface area contributed by atoms with Crippen LogP contribution in [0.4, 0.5) is 5.69 Å². The lowest BCUT2D eigenvalue weighted by Crippen LogP contribution is -2.53. The number of halogens is 1. The van der Waals surface area contributed by atoms with Crippen LogP contribution in [0.25, 0.3) is 0 Å². The first-order chi connectivity index (χ1) is 20.0. The molecule has 0 unspecified atom stereocenters. The molecule has 2 amide bonds. The van der Waals surface area contributed by atoms with Gasteiger partial charge in [-0.1, -0.05) is 55.8 Å². The second-order valence-electron chi connectivity index (χ2n) is 9.76. The van der Waals surface area contributed by atoms with Gasteiger partial charge in [0.1, 0.15) is 24.1 Å². The topological polar surface area (TPSA) is 105 Å². The average molecular weight is 616 g/mol. The number of carbonyl (C=O) groups is 2. The van der Waals surface area contributed by atoms with Gasteiger partial charge in [-0.25, -0.2) is 8.42 Å². The summed E-state index contributed by atoms with van der Waals surface area (Å²) < 4.78 is 39.4. The molecular formula is C31H38ClN3O6S. The minimum Gasteiger partial charge on any atom is -0.497 e. The van der Waals surface area contributed by atoms with Gasteiger partial charge in [-0.2, -0.15) is 0 Å². The molecule has 0 saturated carbocycles. The number of hydrogen-bond acceptors (Lipinski definition) is 6. The minimum absolute atomic E-state index is 0.00741. The van der Waals surface area contributed by atoms with Crippen LogP contribution in [-0.4, -0.2) is 58.0 Å². The minimum atomic E-state index is -4.21. The smallest absolute Gasteiger partial charge is 0.264 e. The van der Waals surface area contributed by atoms with Crippen LogP contribution in [0.15, 0.2) is 77.7 Å². The Kier molecular flexibility index (Phi) is 11.6. The quantitative estimate of drug-likeness (QED) is 0.265. The Hall–Kier alpha value is -3.76. The SMILES string of the molecule is CC[C@H](C)NC(=O)[C@H](CC)N(Cc1ccc(OC)cc1)C(=O)CN(c1ccc(OC)c(Cl)c1)S(=O)(=O)c1ccccc1. The third-order valence-electron chi connectivity index (χ3n) is 6.93. The van der Waals surface area contributed by atoms with Crippen molar-refractivity contribution in [2.45, 2.75) is 57.1 Å². The molecule has 42 heavy (non-hydrogen) atoms. The summed E-state index contributed by atoms with van der Waals surface area (Å²) in [6, 6.07) is 18.6. The maximum atomic E-state index is 14.2. The van der Waals surface area contributed by atoms with Gasteiger partial charge in [-0.05, 0) is 67.8 Å². The Morgan fingerprint density at radius 2 is 1.60 bits per heavy atom. The zero-order valence-electron chi connectivity index (χ0n) is 24.5. The highest BCUT2D eigenvalue weighted by atomic mass is 35.5. The fourth-order valence-electron chi connectivity index (χ4n) is 4.35. The summed E-state index contributed by atoms with van der Waals surface area (Å²) in [7, 11) is -1.19. The Balaban J connectivity index is 2.08. The normalized spacial score (nSPS) is 12.6. The van der Waals surface area contributed by atoms with Crippen LogP contribution in [0.1, 0.15) is 39.2 Å². The Morgan fingerprint density at radius 1 is 0.929 bits per heavy atom. The van der Waals surface area contributed by atoms with Crippen molar-refractivity contribution in [1.29, 1.82) is 0 Å². The highest BCUT2D eigenvalue weighted by Gasteiger charge is 2.34. The number of benzene rings is 3. The summed E-state index contributed by atoms with van der Waals surface area (Å²) in [6.07, 6.45) is 1.04. The van der Waals surface area contributed by atoms with E-state index in [-0.39, 0.29) is 34.1 Å². The van der Waals surface area contributed by atoms with Gasteiger partial charge in [-0.3, -0.25) is 13.9 Å². The maximum absolute atomic E-state index is 14.2. The molecule has 11 heteroatoms. The summed E-state index contributed by atoms with van der Waals surface area (Å²) in [5, 5.41) is 3.15. The molecule has 3 aromatic carbocycles. The molecule has 0 radical (unpaired) electrons. The lowest BCUT2D eigenvalue weighted by Gasteiger charge is -2.33. The molecule has 0 bridgehead atoms. The summed E-state index contributed by atoms with van der Waals surface area (Å²) >= 11 is 6.37. The van der Waals surface area contributed by atoms with Crippen LogP contribution in [0.2, 0.25) is 5.02 Å². The molecule has 0 aromatic heterocycles. The van der Waals surface area contributed by atoms with Gasteiger partial charge < -0.3 is 19.7 Å². The van der Waals surface area contributed by atoms with Crippen molar-refractivity contribution < 1.29 is 27.5 Å². The molecule has 0 saturated heterocycles. The van der Waals surface area contributed by atoms with Gasteiger partial charge in [0.05, 0.1) is 29.8 Å². The molecule has 0 aliphatic rings. The zero-order chi connectivity index (χ0) is 30.9. The van der Waals surface area contributed by atoms with E-state index in [1.165, 1.54) is 36.3 Å². The molecule has 0 spiro atoms. The zero-order valence-corrected chi connectivity index (χ0v) is 26.1. The van der Waals surface area contributed by atoms with Crippen molar-refractivity contribution in [3.05, 3.63) is 83.4 Å². The molecule has 0 aliphatic heterocycles. The van der Waals surface area contributed by atoms with E-state index < -0.39 is 28.5 Å². The molecule has 0 aliphatic carbocycles. The van der Waals surface area contributed by atoms with E-state index in [0.29, 0.717) is 17.9 Å². The molecule has 3 rings (SSSR count). The molecule has 226 valence electrons. The molecule has 0 heterocycles. The number of ether oxygens (including phenoxy) is 2. The van der Waals surface area contributed by atoms with Crippen molar-refractivity contribution in [2.24, 2.45) is 0 Å². The number of amides is 2. The number of nitrogens with one attached hydrogen (secondary N) is 1. The van der Waals surface area contributed by atoms with E-state index in [1.54, 1.807) is 55.6 Å². The van der Waals surface area contributed by atoms with E-state index in [0.717, 1.165) is 16.3 Å². The number of rotatable bonds is 14. The fraction of sp³-hybridized carbons (Fsp3) is 0.355. The number of carbonyl (C=O) groups excluding carboxylic acids is 2. The number of methoxy groups -OCH3 is 2. The van der Waals surface area contributed by atoms with Crippen molar-refractivity contribution in [2.75, 3.05) is 25.1 Å². The maximum Gasteiger partial charge on any atom is 0.264 e.